The van der Waals surface area contributed by atoms with E-state index in [9.17, 15) is 31.9 Å². The van der Waals surface area contributed by atoms with E-state index in [4.69, 9.17) is 4.74 Å². The average Bonchev–Trinajstić information content (AvgIpc) is 2.77. The summed E-state index contributed by atoms with van der Waals surface area (Å²) in [6.07, 6.45) is -2.40. The minimum absolute atomic E-state index is 0.111. The Labute approximate surface area is 191 Å². The summed E-state index contributed by atoms with van der Waals surface area (Å²) in [7, 11) is 0. The molecule has 1 saturated heterocycles. The first-order chi connectivity index (χ1) is 16.0. The first-order valence-corrected chi connectivity index (χ1v) is 10.5. The van der Waals surface area contributed by atoms with Crippen LogP contribution in [-0.4, -0.2) is 70.4 Å². The van der Waals surface area contributed by atoms with E-state index in [2.05, 4.69) is 15.0 Å². The largest absolute Gasteiger partial charge is 0.409 e. The number of H-pyrrole nitrogens is 1. The number of nitrogens with one attached hydrogen (secondary N) is 1. The highest BCUT2D eigenvalue weighted by molar-refractivity contribution is 5.80. The molecule has 0 aliphatic carbocycles. The van der Waals surface area contributed by atoms with Crippen LogP contribution in [0.5, 0.6) is 0 Å². The predicted octanol–water partition coefficient (Wildman–Crippen LogP) is 1.28. The third kappa shape index (κ3) is 5.61. The van der Waals surface area contributed by atoms with Gasteiger partial charge in [-0.05, 0) is 20.3 Å². The minimum Gasteiger partial charge on any atom is -0.377 e. The molecular weight excluding hydrogens is 464 g/mol. The van der Waals surface area contributed by atoms with Crippen molar-refractivity contribution in [2.24, 2.45) is 0 Å². The van der Waals surface area contributed by atoms with Gasteiger partial charge in [0.25, 0.3) is 11.1 Å². The molecule has 2 aliphatic rings. The number of fused-ring (bicyclic) bond motifs is 1. The van der Waals surface area contributed by atoms with Crippen molar-refractivity contribution in [3.8, 4) is 0 Å². The van der Waals surface area contributed by atoms with Crippen molar-refractivity contribution in [1.29, 1.82) is 0 Å². The van der Waals surface area contributed by atoms with Crippen molar-refractivity contribution < 1.29 is 27.1 Å². The molecule has 2 aromatic heterocycles. The Morgan fingerprint density at radius 3 is 2.56 bits per heavy atom. The molecule has 186 valence electrons. The molecule has 2 atom stereocenters. The van der Waals surface area contributed by atoms with Gasteiger partial charge in [0.15, 0.2) is 5.82 Å². The SMILES string of the molecule is CC(=O)CN1CC[C@H](C(F)(F)F)n2c1nc(N1CCOC[C@H]1C)c(F)c2=O.O=c1ccnc[nH]1. The number of hydrogen-bond acceptors (Lipinski definition) is 8. The lowest BCUT2D eigenvalue weighted by molar-refractivity contribution is -0.171. The van der Waals surface area contributed by atoms with Gasteiger partial charge < -0.3 is 19.5 Å². The van der Waals surface area contributed by atoms with Crippen LogP contribution in [0.3, 0.4) is 0 Å². The third-order valence-electron chi connectivity index (χ3n) is 5.32. The summed E-state index contributed by atoms with van der Waals surface area (Å²) in [5.41, 5.74) is -1.50. The normalized spacial score (nSPS) is 20.3. The fraction of sp³-hybridized carbons (Fsp3) is 0.550. The molecule has 0 unspecified atom stereocenters. The van der Waals surface area contributed by atoms with Crippen LogP contribution in [0.4, 0.5) is 29.3 Å². The highest BCUT2D eigenvalue weighted by Gasteiger charge is 2.46. The van der Waals surface area contributed by atoms with E-state index in [1.54, 1.807) is 6.92 Å². The highest BCUT2D eigenvalue weighted by atomic mass is 19.4. The molecule has 2 aromatic rings. The van der Waals surface area contributed by atoms with Crippen molar-refractivity contribution >= 4 is 17.5 Å². The van der Waals surface area contributed by atoms with Crippen LogP contribution in [0.2, 0.25) is 0 Å². The number of hydrogen-bond donors (Lipinski definition) is 1. The zero-order chi connectivity index (χ0) is 25.0. The van der Waals surface area contributed by atoms with E-state index < -0.39 is 30.0 Å². The second-order valence-corrected chi connectivity index (χ2v) is 7.91. The molecule has 1 fully saturated rings. The molecule has 4 heterocycles. The van der Waals surface area contributed by atoms with Gasteiger partial charge in [-0.25, -0.2) is 4.98 Å². The van der Waals surface area contributed by atoms with Crippen molar-refractivity contribution in [2.75, 3.05) is 42.6 Å². The molecule has 10 nitrogen and oxygen atoms in total. The van der Waals surface area contributed by atoms with Crippen LogP contribution in [0.25, 0.3) is 0 Å². The smallest absolute Gasteiger partial charge is 0.377 e. The number of aromatic nitrogens is 4. The maximum atomic E-state index is 14.8. The summed E-state index contributed by atoms with van der Waals surface area (Å²) in [5, 5.41) is 0. The van der Waals surface area contributed by atoms with E-state index in [1.165, 1.54) is 35.3 Å². The Morgan fingerprint density at radius 1 is 1.29 bits per heavy atom. The summed E-state index contributed by atoms with van der Waals surface area (Å²) in [6, 6.07) is -1.12. The van der Waals surface area contributed by atoms with Crippen LogP contribution in [0.15, 0.2) is 28.2 Å². The number of nitrogens with zero attached hydrogens (tertiary/aromatic N) is 5. The number of Topliss-reactive ketones (excluding diaryl/α,β-unsaturated/α-hetero) is 1. The topological polar surface area (TPSA) is 113 Å². The number of alkyl halides is 3. The molecule has 0 radical (unpaired) electrons. The molecule has 4 rings (SSSR count). The van der Waals surface area contributed by atoms with Crippen LogP contribution in [-0.2, 0) is 9.53 Å². The Bertz CT molecular complexity index is 1120. The third-order valence-corrected chi connectivity index (χ3v) is 5.32. The van der Waals surface area contributed by atoms with Gasteiger partial charge in [0.2, 0.25) is 11.8 Å². The van der Waals surface area contributed by atoms with Gasteiger partial charge in [0.1, 0.15) is 11.8 Å². The Hall–Kier alpha value is -3.29. The summed E-state index contributed by atoms with van der Waals surface area (Å²) < 4.78 is 60.6. The Kier molecular flexibility index (Phi) is 7.69. The molecule has 2 aliphatic heterocycles. The number of carbonyl (C=O) groups excluding carboxylic acids is 1. The zero-order valence-electron chi connectivity index (χ0n) is 18.5. The first-order valence-electron chi connectivity index (χ1n) is 10.5. The van der Waals surface area contributed by atoms with Gasteiger partial charge in [-0.15, -0.1) is 0 Å². The number of rotatable bonds is 3. The predicted molar refractivity (Wildman–Crippen MR) is 114 cm³/mol. The molecule has 0 aromatic carbocycles. The molecule has 0 saturated carbocycles. The maximum absolute atomic E-state index is 14.8. The summed E-state index contributed by atoms with van der Waals surface area (Å²) in [6.45, 7) is 3.52. The molecule has 34 heavy (non-hydrogen) atoms. The van der Waals surface area contributed by atoms with E-state index >= 15 is 0 Å². The molecule has 0 spiro atoms. The van der Waals surface area contributed by atoms with Crippen molar-refractivity contribution in [1.82, 2.24) is 19.5 Å². The molecule has 14 heteroatoms. The van der Waals surface area contributed by atoms with Crippen molar-refractivity contribution in [2.45, 2.75) is 38.5 Å². The van der Waals surface area contributed by atoms with E-state index in [-0.39, 0.29) is 62.0 Å². The number of morpholine rings is 1. The van der Waals surface area contributed by atoms with Crippen LogP contribution in [0, 0.1) is 5.82 Å². The number of ketones is 1. The van der Waals surface area contributed by atoms with Gasteiger partial charge in [-0.1, -0.05) is 0 Å². The second kappa shape index (κ2) is 10.3. The van der Waals surface area contributed by atoms with E-state index in [1.807, 2.05) is 0 Å². The van der Waals surface area contributed by atoms with Crippen LogP contribution >= 0.6 is 0 Å². The summed E-state index contributed by atoms with van der Waals surface area (Å²) >= 11 is 0. The van der Waals surface area contributed by atoms with Crippen LogP contribution in [0.1, 0.15) is 26.3 Å². The Morgan fingerprint density at radius 2 is 2.03 bits per heavy atom. The van der Waals surface area contributed by atoms with Crippen LogP contribution < -0.4 is 20.9 Å². The quantitative estimate of drug-likeness (QED) is 0.643. The van der Waals surface area contributed by atoms with Gasteiger partial charge in [-0.3, -0.25) is 19.0 Å². The fourth-order valence-corrected chi connectivity index (χ4v) is 3.76. The lowest BCUT2D eigenvalue weighted by atomic mass is 10.1. The summed E-state index contributed by atoms with van der Waals surface area (Å²) in [5.74, 6) is -2.27. The first kappa shape index (κ1) is 25.3. The van der Waals surface area contributed by atoms with Gasteiger partial charge in [-0.2, -0.15) is 22.5 Å². The van der Waals surface area contributed by atoms with Gasteiger partial charge in [0, 0.05) is 25.4 Å². The van der Waals surface area contributed by atoms with E-state index in [0.717, 1.165) is 0 Å². The molecule has 1 N–H and O–H groups in total. The average molecular weight is 488 g/mol. The fourth-order valence-electron chi connectivity index (χ4n) is 3.76. The standard InChI is InChI=1S/C16H20F4N4O3.C4H4N2O/c1-9-8-27-6-5-23(9)13-12(17)14(26)24-11(16(18,19)20)3-4-22(7-10(2)25)15(24)21-13;7-4-1-2-5-3-6-4/h9,11H,3-8H2,1-2H3;1-3H,(H,5,6,7)/t9-,11-;/m1./s1. The number of anilines is 2. The van der Waals surface area contributed by atoms with Gasteiger partial charge in [0.05, 0.1) is 32.1 Å². The lowest BCUT2D eigenvalue weighted by Gasteiger charge is -2.38. The number of halogens is 4. The van der Waals surface area contributed by atoms with Crippen molar-refractivity contribution in [3.63, 3.8) is 0 Å². The second-order valence-electron chi connectivity index (χ2n) is 7.91. The lowest BCUT2D eigenvalue weighted by Crippen LogP contribution is -2.50. The number of aromatic amines is 1. The summed E-state index contributed by atoms with van der Waals surface area (Å²) in [4.78, 5) is 47.1. The highest BCUT2D eigenvalue weighted by Crippen LogP contribution is 2.38. The minimum atomic E-state index is -4.73. The monoisotopic (exact) mass is 488 g/mol. The Balaban J connectivity index is 0.000000396. The molecule has 0 bridgehead atoms. The molecular formula is C20H24F4N6O4. The van der Waals surface area contributed by atoms with E-state index in [0.29, 0.717) is 4.57 Å². The van der Waals surface area contributed by atoms with Gasteiger partial charge >= 0.3 is 6.18 Å². The maximum Gasteiger partial charge on any atom is 0.409 e. The zero-order valence-corrected chi connectivity index (χ0v) is 18.5. The number of ether oxygens (including phenoxy) is 1. The molecule has 0 amide bonds. The number of carbonyl (C=O) groups is 1. The van der Waals surface area contributed by atoms with Crippen molar-refractivity contribution in [3.05, 3.63) is 45.1 Å².